The number of anilines is 1. The Morgan fingerprint density at radius 2 is 1.80 bits per heavy atom. The summed E-state index contributed by atoms with van der Waals surface area (Å²) in [5.41, 5.74) is 5.24. The molecule has 3 aromatic rings. The minimum absolute atomic E-state index is 0.201. The summed E-state index contributed by atoms with van der Waals surface area (Å²) in [6.07, 6.45) is 2.10. The molecule has 0 amide bonds. The van der Waals surface area contributed by atoms with Gasteiger partial charge in [-0.1, -0.05) is 30.3 Å². The summed E-state index contributed by atoms with van der Waals surface area (Å²) in [6, 6.07) is 18.0. The molecular weight excluding hydrogens is 379 g/mol. The third kappa shape index (κ3) is 4.84. The molecule has 0 bridgehead atoms. The van der Waals surface area contributed by atoms with Gasteiger partial charge in [0.1, 0.15) is 24.0 Å². The molecule has 0 saturated carbocycles. The van der Waals surface area contributed by atoms with Crippen molar-refractivity contribution in [3.05, 3.63) is 101 Å². The lowest BCUT2D eigenvalue weighted by Gasteiger charge is -2.21. The fourth-order valence-electron chi connectivity index (χ4n) is 3.16. The standard InChI is InChI=1S/C24H23FN4O/c1-16-14-26-22(18-6-4-3-5-7-18)13-21(16)28-23-12-17(2)27-24(29-23)15-30-20-10-8-19(25)9-11-20/h3-13,26H,14-15H2,1-2H3,(H,27,28,29). The van der Waals surface area contributed by atoms with E-state index in [-0.39, 0.29) is 12.4 Å². The Bertz CT molecular complexity index is 1090. The van der Waals surface area contributed by atoms with Gasteiger partial charge in [-0.25, -0.2) is 14.4 Å². The molecule has 6 heteroatoms. The molecule has 0 saturated heterocycles. The summed E-state index contributed by atoms with van der Waals surface area (Å²) in [6.45, 7) is 4.96. The first-order chi connectivity index (χ1) is 14.6. The van der Waals surface area contributed by atoms with Crippen LogP contribution in [0.25, 0.3) is 5.70 Å². The SMILES string of the molecule is CC1=C(Nc2cc(C)nc(COc3ccc(F)cc3)n2)C=C(c2ccccc2)NC1. The monoisotopic (exact) mass is 402 g/mol. The Labute approximate surface area is 175 Å². The van der Waals surface area contributed by atoms with Crippen LogP contribution in [0.2, 0.25) is 0 Å². The second-order valence-corrected chi connectivity index (χ2v) is 7.15. The topological polar surface area (TPSA) is 59.1 Å². The van der Waals surface area contributed by atoms with Crippen molar-refractivity contribution in [1.82, 2.24) is 15.3 Å². The number of nitrogens with zero attached hydrogens (tertiary/aromatic N) is 2. The Hall–Kier alpha value is -3.67. The van der Waals surface area contributed by atoms with E-state index < -0.39 is 0 Å². The van der Waals surface area contributed by atoms with Crippen molar-refractivity contribution in [2.75, 3.05) is 11.9 Å². The minimum Gasteiger partial charge on any atom is -0.486 e. The van der Waals surface area contributed by atoms with Crippen LogP contribution < -0.4 is 15.4 Å². The van der Waals surface area contributed by atoms with E-state index in [1.807, 2.05) is 31.2 Å². The van der Waals surface area contributed by atoms with Crippen molar-refractivity contribution in [2.24, 2.45) is 0 Å². The molecular formula is C24H23FN4O. The van der Waals surface area contributed by atoms with Crippen LogP contribution >= 0.6 is 0 Å². The highest BCUT2D eigenvalue weighted by Gasteiger charge is 2.13. The molecule has 5 nitrogen and oxygen atoms in total. The molecule has 4 rings (SSSR count). The lowest BCUT2D eigenvalue weighted by molar-refractivity contribution is 0.295. The van der Waals surface area contributed by atoms with Gasteiger partial charge in [0.15, 0.2) is 5.82 Å². The summed E-state index contributed by atoms with van der Waals surface area (Å²) in [4.78, 5) is 9.03. The van der Waals surface area contributed by atoms with Gasteiger partial charge in [0.05, 0.1) is 0 Å². The first-order valence-corrected chi connectivity index (χ1v) is 9.77. The number of rotatable bonds is 6. The summed E-state index contributed by atoms with van der Waals surface area (Å²) in [5, 5.41) is 6.87. The molecule has 2 aromatic carbocycles. The lowest BCUT2D eigenvalue weighted by atomic mass is 10.1. The number of hydrogen-bond acceptors (Lipinski definition) is 5. The molecule has 1 aliphatic heterocycles. The number of ether oxygens (including phenoxy) is 1. The fraction of sp³-hybridized carbons (Fsp3) is 0.167. The third-order valence-electron chi connectivity index (χ3n) is 4.72. The van der Waals surface area contributed by atoms with Gasteiger partial charge in [0, 0.05) is 29.7 Å². The van der Waals surface area contributed by atoms with Crippen LogP contribution in [0.1, 0.15) is 24.0 Å². The van der Waals surface area contributed by atoms with Crippen molar-refractivity contribution in [3.63, 3.8) is 0 Å². The Balaban J connectivity index is 1.51. The predicted octanol–water partition coefficient (Wildman–Crippen LogP) is 4.83. The quantitative estimate of drug-likeness (QED) is 0.618. The summed E-state index contributed by atoms with van der Waals surface area (Å²) >= 11 is 0. The van der Waals surface area contributed by atoms with Crippen molar-refractivity contribution in [2.45, 2.75) is 20.5 Å². The number of benzene rings is 2. The van der Waals surface area contributed by atoms with Crippen LogP contribution in [-0.4, -0.2) is 16.5 Å². The van der Waals surface area contributed by atoms with Crippen LogP contribution in [0.4, 0.5) is 10.2 Å². The van der Waals surface area contributed by atoms with E-state index in [9.17, 15) is 4.39 Å². The molecule has 2 heterocycles. The number of aromatic nitrogens is 2. The third-order valence-corrected chi connectivity index (χ3v) is 4.72. The van der Waals surface area contributed by atoms with Gasteiger partial charge in [0.25, 0.3) is 0 Å². The molecule has 0 fully saturated rings. The van der Waals surface area contributed by atoms with Gasteiger partial charge in [-0.2, -0.15) is 0 Å². The molecule has 0 unspecified atom stereocenters. The van der Waals surface area contributed by atoms with E-state index in [4.69, 9.17) is 4.74 Å². The number of nitrogens with one attached hydrogen (secondary N) is 2. The minimum atomic E-state index is -0.297. The van der Waals surface area contributed by atoms with Crippen LogP contribution in [0.15, 0.2) is 78.0 Å². The summed E-state index contributed by atoms with van der Waals surface area (Å²) in [7, 11) is 0. The zero-order chi connectivity index (χ0) is 20.9. The maximum Gasteiger partial charge on any atom is 0.168 e. The van der Waals surface area contributed by atoms with E-state index >= 15 is 0 Å². The average Bonchev–Trinajstić information content (AvgIpc) is 2.75. The number of aryl methyl sites for hydroxylation is 1. The van der Waals surface area contributed by atoms with Crippen molar-refractivity contribution in [3.8, 4) is 5.75 Å². The Morgan fingerprint density at radius 3 is 2.57 bits per heavy atom. The highest BCUT2D eigenvalue weighted by Crippen LogP contribution is 2.22. The highest BCUT2D eigenvalue weighted by atomic mass is 19.1. The molecule has 1 aromatic heterocycles. The second-order valence-electron chi connectivity index (χ2n) is 7.15. The van der Waals surface area contributed by atoms with E-state index in [2.05, 4.69) is 45.7 Å². The largest absolute Gasteiger partial charge is 0.486 e. The second kappa shape index (κ2) is 8.78. The summed E-state index contributed by atoms with van der Waals surface area (Å²) in [5.74, 6) is 1.54. The number of allylic oxidation sites excluding steroid dienone is 1. The van der Waals surface area contributed by atoms with Crippen molar-refractivity contribution >= 4 is 11.5 Å². The van der Waals surface area contributed by atoms with Crippen LogP contribution in [0.3, 0.4) is 0 Å². The average molecular weight is 402 g/mol. The first kappa shape index (κ1) is 19.6. The van der Waals surface area contributed by atoms with Gasteiger partial charge in [0.2, 0.25) is 0 Å². The highest BCUT2D eigenvalue weighted by molar-refractivity contribution is 5.70. The number of hydrogen-bond donors (Lipinski definition) is 2. The normalized spacial score (nSPS) is 13.5. The molecule has 2 N–H and O–H groups in total. The lowest BCUT2D eigenvalue weighted by Crippen LogP contribution is -2.22. The molecule has 0 aliphatic carbocycles. The van der Waals surface area contributed by atoms with Crippen LogP contribution in [0.5, 0.6) is 5.75 Å². The number of dihydropyridines is 1. The molecule has 152 valence electrons. The zero-order valence-corrected chi connectivity index (χ0v) is 16.9. The van der Waals surface area contributed by atoms with Gasteiger partial charge in [-0.3, -0.25) is 0 Å². The van der Waals surface area contributed by atoms with E-state index in [0.717, 1.165) is 29.2 Å². The van der Waals surface area contributed by atoms with Gasteiger partial charge >= 0.3 is 0 Å². The van der Waals surface area contributed by atoms with E-state index in [1.165, 1.54) is 17.7 Å². The maximum atomic E-state index is 13.0. The molecule has 30 heavy (non-hydrogen) atoms. The first-order valence-electron chi connectivity index (χ1n) is 9.77. The van der Waals surface area contributed by atoms with Crippen LogP contribution in [-0.2, 0) is 6.61 Å². The Kier molecular flexibility index (Phi) is 5.75. The van der Waals surface area contributed by atoms with E-state index in [1.54, 1.807) is 12.1 Å². The smallest absolute Gasteiger partial charge is 0.168 e. The van der Waals surface area contributed by atoms with E-state index in [0.29, 0.717) is 17.4 Å². The fourth-order valence-corrected chi connectivity index (χ4v) is 3.16. The maximum absolute atomic E-state index is 13.0. The zero-order valence-electron chi connectivity index (χ0n) is 16.9. The molecule has 0 atom stereocenters. The predicted molar refractivity (Wildman–Crippen MR) is 116 cm³/mol. The summed E-state index contributed by atoms with van der Waals surface area (Å²) < 4.78 is 18.7. The van der Waals surface area contributed by atoms with Gasteiger partial charge in [-0.05, 0) is 55.3 Å². The van der Waals surface area contributed by atoms with Crippen LogP contribution in [0, 0.1) is 12.7 Å². The van der Waals surface area contributed by atoms with Crippen molar-refractivity contribution in [1.29, 1.82) is 0 Å². The molecule has 0 radical (unpaired) electrons. The van der Waals surface area contributed by atoms with Gasteiger partial charge < -0.3 is 15.4 Å². The van der Waals surface area contributed by atoms with Gasteiger partial charge in [-0.15, -0.1) is 0 Å². The molecule has 0 spiro atoms. The molecule has 1 aliphatic rings. The Morgan fingerprint density at radius 1 is 1.03 bits per heavy atom. The number of halogens is 1. The van der Waals surface area contributed by atoms with Crippen molar-refractivity contribution < 1.29 is 9.13 Å².